The highest BCUT2D eigenvalue weighted by Crippen LogP contribution is 1.94. The standard InChI is InChI=1S/C7H8N2.3C2H4O2/c8-7(9)6-4-2-1-3-5-6;3*1-2(3)4/h1-5H,(H3,8,9);3*1H3,(H,3,4). The predicted octanol–water partition coefficient (Wildman–Crippen LogP) is 1.24. The van der Waals surface area contributed by atoms with Crippen LogP contribution in [0.25, 0.3) is 0 Å². The van der Waals surface area contributed by atoms with Crippen LogP contribution < -0.4 is 5.73 Å². The third kappa shape index (κ3) is 47.1. The van der Waals surface area contributed by atoms with Gasteiger partial charge in [0, 0.05) is 26.3 Å². The number of amidine groups is 1. The van der Waals surface area contributed by atoms with Crippen molar-refractivity contribution in [2.75, 3.05) is 0 Å². The number of carbonyl (C=O) groups is 3. The molecule has 0 bridgehead atoms. The smallest absolute Gasteiger partial charge is 0.300 e. The van der Waals surface area contributed by atoms with Gasteiger partial charge in [-0.2, -0.15) is 0 Å². The third-order valence-electron chi connectivity index (χ3n) is 1.08. The monoisotopic (exact) mass is 300 g/mol. The fourth-order valence-electron chi connectivity index (χ4n) is 0.618. The van der Waals surface area contributed by atoms with Crippen molar-refractivity contribution < 1.29 is 29.7 Å². The maximum Gasteiger partial charge on any atom is 0.300 e. The highest BCUT2D eigenvalue weighted by atomic mass is 16.4. The second kappa shape index (κ2) is 15.2. The zero-order valence-corrected chi connectivity index (χ0v) is 12.0. The molecule has 6 N–H and O–H groups in total. The maximum absolute atomic E-state index is 9.00. The van der Waals surface area contributed by atoms with Crippen LogP contribution in [0.2, 0.25) is 0 Å². The molecule has 8 nitrogen and oxygen atoms in total. The van der Waals surface area contributed by atoms with E-state index in [-0.39, 0.29) is 5.84 Å². The molecule has 0 unspecified atom stereocenters. The third-order valence-corrected chi connectivity index (χ3v) is 1.08. The number of rotatable bonds is 1. The molecule has 0 spiro atoms. The van der Waals surface area contributed by atoms with Crippen molar-refractivity contribution in [3.8, 4) is 0 Å². The van der Waals surface area contributed by atoms with Crippen LogP contribution in [-0.2, 0) is 14.4 Å². The van der Waals surface area contributed by atoms with Gasteiger partial charge in [0.05, 0.1) is 0 Å². The van der Waals surface area contributed by atoms with Crippen molar-refractivity contribution in [1.82, 2.24) is 0 Å². The van der Waals surface area contributed by atoms with Gasteiger partial charge >= 0.3 is 0 Å². The lowest BCUT2D eigenvalue weighted by molar-refractivity contribution is -0.135. The van der Waals surface area contributed by atoms with Gasteiger partial charge in [-0.05, 0) is 0 Å². The molecule has 1 rings (SSSR count). The zero-order valence-electron chi connectivity index (χ0n) is 12.0. The van der Waals surface area contributed by atoms with E-state index >= 15 is 0 Å². The lowest BCUT2D eigenvalue weighted by atomic mass is 10.2. The minimum Gasteiger partial charge on any atom is -0.481 e. The topological polar surface area (TPSA) is 162 Å². The molecule has 0 saturated heterocycles. The SMILES string of the molecule is CC(=O)O.CC(=O)O.CC(=O)O.N=C(N)c1ccccc1. The molecule has 0 fully saturated rings. The van der Waals surface area contributed by atoms with Gasteiger partial charge < -0.3 is 21.1 Å². The summed E-state index contributed by atoms with van der Waals surface area (Å²) in [5.41, 5.74) is 5.97. The normalized spacial score (nSPS) is 7.38. The summed E-state index contributed by atoms with van der Waals surface area (Å²) >= 11 is 0. The Balaban J connectivity index is -0.000000230. The fourth-order valence-corrected chi connectivity index (χ4v) is 0.618. The van der Waals surface area contributed by atoms with Crippen molar-refractivity contribution >= 4 is 23.7 Å². The molecule has 0 heterocycles. The molecule has 8 heteroatoms. The van der Waals surface area contributed by atoms with Crippen molar-refractivity contribution in [2.24, 2.45) is 5.73 Å². The molecule has 0 aliphatic carbocycles. The average molecular weight is 300 g/mol. The van der Waals surface area contributed by atoms with Crippen molar-refractivity contribution in [3.63, 3.8) is 0 Å². The van der Waals surface area contributed by atoms with Crippen LogP contribution in [0, 0.1) is 5.41 Å². The Kier molecular flexibility index (Phi) is 16.8. The molecule has 0 atom stereocenters. The molecular weight excluding hydrogens is 280 g/mol. The maximum atomic E-state index is 9.00. The first-order valence-electron chi connectivity index (χ1n) is 5.48. The molecule has 0 aromatic heterocycles. The highest BCUT2D eigenvalue weighted by Gasteiger charge is 1.89. The number of hydrogen-bond donors (Lipinski definition) is 5. The van der Waals surface area contributed by atoms with Gasteiger partial charge in [0.1, 0.15) is 5.84 Å². The molecule has 0 aliphatic rings. The number of nitrogens with two attached hydrogens (primary N) is 1. The number of carboxylic acid groups (broad SMARTS) is 3. The fraction of sp³-hybridized carbons (Fsp3) is 0.231. The van der Waals surface area contributed by atoms with Crippen molar-refractivity contribution in [2.45, 2.75) is 20.8 Å². The van der Waals surface area contributed by atoms with E-state index in [1.165, 1.54) is 0 Å². The summed E-state index contributed by atoms with van der Waals surface area (Å²) in [4.78, 5) is 27.0. The van der Waals surface area contributed by atoms with Gasteiger partial charge in [-0.3, -0.25) is 19.8 Å². The van der Waals surface area contributed by atoms with E-state index in [9.17, 15) is 0 Å². The summed E-state index contributed by atoms with van der Waals surface area (Å²) in [5, 5.41) is 29.3. The second-order valence-corrected chi connectivity index (χ2v) is 3.34. The van der Waals surface area contributed by atoms with E-state index in [1.807, 2.05) is 30.3 Å². The Morgan fingerprint density at radius 1 is 0.857 bits per heavy atom. The van der Waals surface area contributed by atoms with Gasteiger partial charge in [-0.1, -0.05) is 30.3 Å². The van der Waals surface area contributed by atoms with E-state index in [1.54, 1.807) is 0 Å². The van der Waals surface area contributed by atoms with Crippen LogP contribution in [0.15, 0.2) is 30.3 Å². The Labute approximate surface area is 122 Å². The van der Waals surface area contributed by atoms with Crippen LogP contribution >= 0.6 is 0 Å². The van der Waals surface area contributed by atoms with Gasteiger partial charge in [-0.15, -0.1) is 0 Å². The van der Waals surface area contributed by atoms with Crippen LogP contribution in [0.4, 0.5) is 0 Å². The molecule has 1 aromatic carbocycles. The van der Waals surface area contributed by atoms with E-state index in [0.717, 1.165) is 26.3 Å². The molecule has 0 saturated carbocycles. The van der Waals surface area contributed by atoms with Crippen LogP contribution in [0.5, 0.6) is 0 Å². The summed E-state index contributed by atoms with van der Waals surface area (Å²) in [5.74, 6) is -2.38. The summed E-state index contributed by atoms with van der Waals surface area (Å²) in [6.45, 7) is 3.25. The molecule has 0 radical (unpaired) electrons. The number of nitrogen functional groups attached to an aromatic ring is 1. The Morgan fingerprint density at radius 3 is 1.24 bits per heavy atom. The molecule has 0 amide bonds. The summed E-state index contributed by atoms with van der Waals surface area (Å²) in [6.07, 6.45) is 0. The molecular formula is C13H20N2O6. The van der Waals surface area contributed by atoms with Gasteiger partial charge in [0.2, 0.25) is 0 Å². The number of hydrogen-bond acceptors (Lipinski definition) is 4. The molecule has 0 aliphatic heterocycles. The summed E-state index contributed by atoms with van der Waals surface area (Å²) < 4.78 is 0. The van der Waals surface area contributed by atoms with E-state index < -0.39 is 17.9 Å². The summed E-state index contributed by atoms with van der Waals surface area (Å²) in [7, 11) is 0. The van der Waals surface area contributed by atoms with Gasteiger partial charge in [-0.25, -0.2) is 0 Å². The average Bonchev–Trinajstić information content (AvgIpc) is 2.27. The quantitative estimate of drug-likeness (QED) is 0.385. The molecule has 21 heavy (non-hydrogen) atoms. The first-order chi connectivity index (χ1) is 9.50. The Bertz CT molecular complexity index is 405. The first kappa shape index (κ1) is 23.2. The minimum atomic E-state index is -0.833. The lowest BCUT2D eigenvalue weighted by Gasteiger charge is -1.93. The predicted molar refractivity (Wildman–Crippen MR) is 77.4 cm³/mol. The molecule has 118 valence electrons. The Morgan fingerprint density at radius 2 is 1.10 bits per heavy atom. The number of carboxylic acids is 3. The van der Waals surface area contributed by atoms with Gasteiger partial charge in [0.15, 0.2) is 0 Å². The largest absolute Gasteiger partial charge is 0.481 e. The van der Waals surface area contributed by atoms with Crippen LogP contribution in [0.1, 0.15) is 26.3 Å². The van der Waals surface area contributed by atoms with Crippen LogP contribution in [0.3, 0.4) is 0 Å². The number of benzene rings is 1. The zero-order chi connectivity index (χ0) is 17.4. The summed E-state index contributed by atoms with van der Waals surface area (Å²) in [6, 6.07) is 9.23. The van der Waals surface area contributed by atoms with E-state index in [0.29, 0.717) is 0 Å². The van der Waals surface area contributed by atoms with Crippen molar-refractivity contribution in [1.29, 1.82) is 5.41 Å². The van der Waals surface area contributed by atoms with E-state index in [4.69, 9.17) is 40.8 Å². The highest BCUT2D eigenvalue weighted by molar-refractivity contribution is 5.94. The number of aliphatic carboxylic acids is 3. The molecule has 1 aromatic rings. The van der Waals surface area contributed by atoms with E-state index in [2.05, 4.69) is 0 Å². The number of nitrogens with one attached hydrogen (secondary N) is 1. The van der Waals surface area contributed by atoms with Crippen molar-refractivity contribution in [3.05, 3.63) is 35.9 Å². The van der Waals surface area contributed by atoms with Crippen LogP contribution in [-0.4, -0.2) is 39.1 Å². The Hall–Kier alpha value is -2.90. The lowest BCUT2D eigenvalue weighted by Crippen LogP contribution is -2.10. The van der Waals surface area contributed by atoms with Gasteiger partial charge in [0.25, 0.3) is 17.9 Å². The second-order valence-electron chi connectivity index (χ2n) is 3.34. The minimum absolute atomic E-state index is 0.121. The first-order valence-corrected chi connectivity index (χ1v) is 5.48.